The van der Waals surface area contributed by atoms with Gasteiger partial charge in [0.2, 0.25) is 0 Å². The maximum atomic E-state index is 6.35. The Balaban J connectivity index is 1.05. The van der Waals surface area contributed by atoms with E-state index in [-0.39, 0.29) is 5.41 Å². The van der Waals surface area contributed by atoms with Crippen LogP contribution >= 0.6 is 0 Å². The predicted octanol–water partition coefficient (Wildman–Crippen LogP) is 12.2. The number of furan rings is 1. The Hall–Kier alpha value is -6.52. The molecule has 4 heteroatoms. The highest BCUT2D eigenvalue weighted by atomic mass is 16.3. The quantitative estimate of drug-likeness (QED) is 0.178. The van der Waals surface area contributed by atoms with Gasteiger partial charge in [0, 0.05) is 38.1 Å². The molecule has 1 aliphatic carbocycles. The molecular weight excluding hydrogens is 623 g/mol. The van der Waals surface area contributed by atoms with Crippen LogP contribution in [0.1, 0.15) is 25.0 Å². The molecule has 0 bridgehead atoms. The Bertz CT molecular complexity index is 3050. The first-order valence-corrected chi connectivity index (χ1v) is 17.5. The number of fused-ring (bicyclic) bond motifs is 12. The van der Waals surface area contributed by atoms with E-state index in [9.17, 15) is 0 Å². The van der Waals surface area contributed by atoms with E-state index in [1.807, 2.05) is 12.1 Å². The molecule has 10 aromatic rings. The van der Waals surface area contributed by atoms with E-state index in [0.29, 0.717) is 0 Å². The van der Waals surface area contributed by atoms with Gasteiger partial charge in [-0.3, -0.25) is 4.40 Å². The number of hydrogen-bond acceptors (Lipinski definition) is 3. The molecule has 1 aliphatic rings. The standard InChI is InChI=1S/C47H31N3O/c1-47(2)40-16-7-5-11-34(40)35-24-22-31(27-41(35)47)30-23-25-42-39(26-30)33-10-3-4-13-38(33)46-49-48-45(50(42)46)29-20-18-28(19-21-29)32-14-9-15-37-36-12-6-8-17-43(36)51-44(32)37/h3-27H,1-2H3. The first-order valence-electron chi connectivity index (χ1n) is 17.5. The molecule has 3 heterocycles. The fraction of sp³-hybridized carbons (Fsp3) is 0.0638. The largest absolute Gasteiger partial charge is 0.455 e. The SMILES string of the molecule is CC1(C)c2ccccc2-c2ccc(-c3ccc4c(c3)c3ccccc3c3nnc(-c5ccc(-c6cccc7c6oc6ccccc67)cc5)n43)cc21. The topological polar surface area (TPSA) is 43.3 Å². The first kappa shape index (κ1) is 28.3. The van der Waals surface area contributed by atoms with Gasteiger partial charge in [-0.15, -0.1) is 10.2 Å². The van der Waals surface area contributed by atoms with E-state index < -0.39 is 0 Å². The molecule has 240 valence electrons. The minimum atomic E-state index is -0.0524. The molecule has 0 unspecified atom stereocenters. The molecule has 51 heavy (non-hydrogen) atoms. The number of para-hydroxylation sites is 2. The Labute approximate surface area is 294 Å². The van der Waals surface area contributed by atoms with Gasteiger partial charge in [0.1, 0.15) is 11.2 Å². The van der Waals surface area contributed by atoms with Gasteiger partial charge in [-0.05, 0) is 68.6 Å². The normalized spacial score (nSPS) is 13.5. The van der Waals surface area contributed by atoms with Crippen LogP contribution in [0, 0.1) is 0 Å². The summed E-state index contributed by atoms with van der Waals surface area (Å²) < 4.78 is 8.57. The van der Waals surface area contributed by atoms with Crippen LogP contribution in [0.5, 0.6) is 0 Å². The number of benzene rings is 7. The zero-order valence-electron chi connectivity index (χ0n) is 28.2. The molecular formula is C47H31N3O. The van der Waals surface area contributed by atoms with Crippen molar-refractivity contribution in [1.82, 2.24) is 14.6 Å². The van der Waals surface area contributed by atoms with Crippen molar-refractivity contribution in [3.63, 3.8) is 0 Å². The third-order valence-electron chi connectivity index (χ3n) is 11.1. The van der Waals surface area contributed by atoms with Gasteiger partial charge in [0.05, 0.1) is 5.52 Å². The summed E-state index contributed by atoms with van der Waals surface area (Å²) in [4.78, 5) is 0. The van der Waals surface area contributed by atoms with E-state index in [4.69, 9.17) is 14.6 Å². The molecule has 0 atom stereocenters. The van der Waals surface area contributed by atoms with E-state index in [1.165, 1.54) is 44.2 Å². The van der Waals surface area contributed by atoms with Crippen LogP contribution in [0.25, 0.3) is 94.0 Å². The van der Waals surface area contributed by atoms with Gasteiger partial charge in [-0.2, -0.15) is 0 Å². The average Bonchev–Trinajstić information content (AvgIpc) is 3.86. The van der Waals surface area contributed by atoms with Crippen LogP contribution in [-0.4, -0.2) is 14.6 Å². The zero-order valence-corrected chi connectivity index (χ0v) is 28.2. The van der Waals surface area contributed by atoms with E-state index in [0.717, 1.165) is 61.0 Å². The van der Waals surface area contributed by atoms with Crippen LogP contribution in [0.15, 0.2) is 156 Å². The Morgan fingerprint density at radius 1 is 0.471 bits per heavy atom. The summed E-state index contributed by atoms with van der Waals surface area (Å²) in [5.74, 6) is 0.819. The highest BCUT2D eigenvalue weighted by Crippen LogP contribution is 2.49. The minimum absolute atomic E-state index is 0.0524. The fourth-order valence-corrected chi connectivity index (χ4v) is 8.57. The Morgan fingerprint density at radius 3 is 2.00 bits per heavy atom. The van der Waals surface area contributed by atoms with Crippen LogP contribution in [-0.2, 0) is 5.41 Å². The first-order chi connectivity index (χ1) is 25.0. The number of rotatable bonds is 3. The number of nitrogens with zero attached hydrogens (tertiary/aromatic N) is 3. The van der Waals surface area contributed by atoms with Crippen LogP contribution in [0.2, 0.25) is 0 Å². The lowest BCUT2D eigenvalue weighted by atomic mass is 9.81. The van der Waals surface area contributed by atoms with Crippen molar-refractivity contribution in [2.24, 2.45) is 0 Å². The van der Waals surface area contributed by atoms with E-state index >= 15 is 0 Å². The lowest BCUT2D eigenvalue weighted by Gasteiger charge is -2.22. The highest BCUT2D eigenvalue weighted by Gasteiger charge is 2.35. The van der Waals surface area contributed by atoms with Crippen molar-refractivity contribution in [3.8, 4) is 44.8 Å². The molecule has 4 nitrogen and oxygen atoms in total. The van der Waals surface area contributed by atoms with E-state index in [1.54, 1.807) is 0 Å². The third-order valence-corrected chi connectivity index (χ3v) is 11.1. The van der Waals surface area contributed by atoms with Gasteiger partial charge in [0.15, 0.2) is 11.5 Å². The van der Waals surface area contributed by atoms with Gasteiger partial charge in [-0.1, -0.05) is 141 Å². The van der Waals surface area contributed by atoms with Crippen molar-refractivity contribution in [3.05, 3.63) is 163 Å². The molecule has 0 spiro atoms. The molecule has 0 fully saturated rings. The van der Waals surface area contributed by atoms with Gasteiger partial charge in [0.25, 0.3) is 0 Å². The van der Waals surface area contributed by atoms with Crippen molar-refractivity contribution in [2.75, 3.05) is 0 Å². The summed E-state index contributed by atoms with van der Waals surface area (Å²) >= 11 is 0. The summed E-state index contributed by atoms with van der Waals surface area (Å²) in [6, 6.07) is 54.4. The smallest absolute Gasteiger partial charge is 0.169 e. The maximum absolute atomic E-state index is 6.35. The summed E-state index contributed by atoms with van der Waals surface area (Å²) in [5.41, 5.74) is 14.7. The molecule has 11 rings (SSSR count). The Morgan fingerprint density at radius 2 is 1.12 bits per heavy atom. The van der Waals surface area contributed by atoms with Crippen molar-refractivity contribution < 1.29 is 4.42 Å². The van der Waals surface area contributed by atoms with Gasteiger partial charge in [-0.25, -0.2) is 0 Å². The number of hydrogen-bond donors (Lipinski definition) is 0. The number of aromatic nitrogens is 3. The molecule has 0 aliphatic heterocycles. The van der Waals surface area contributed by atoms with Gasteiger partial charge >= 0.3 is 0 Å². The maximum Gasteiger partial charge on any atom is 0.169 e. The predicted molar refractivity (Wildman–Crippen MR) is 209 cm³/mol. The molecule has 0 saturated heterocycles. The summed E-state index contributed by atoms with van der Waals surface area (Å²) in [5, 5.41) is 15.3. The van der Waals surface area contributed by atoms with Crippen LogP contribution in [0.4, 0.5) is 0 Å². The third kappa shape index (κ3) is 3.96. The average molecular weight is 654 g/mol. The van der Waals surface area contributed by atoms with Crippen LogP contribution < -0.4 is 0 Å². The molecule has 0 N–H and O–H groups in total. The van der Waals surface area contributed by atoms with E-state index in [2.05, 4.69) is 158 Å². The fourth-order valence-electron chi connectivity index (χ4n) is 8.57. The van der Waals surface area contributed by atoms with Crippen molar-refractivity contribution in [1.29, 1.82) is 0 Å². The monoisotopic (exact) mass is 653 g/mol. The van der Waals surface area contributed by atoms with Crippen molar-refractivity contribution >= 4 is 49.3 Å². The molecule has 0 radical (unpaired) electrons. The summed E-state index contributed by atoms with van der Waals surface area (Å²) in [7, 11) is 0. The second-order valence-electron chi connectivity index (χ2n) is 14.2. The van der Waals surface area contributed by atoms with Crippen molar-refractivity contribution in [2.45, 2.75) is 19.3 Å². The summed E-state index contributed by atoms with van der Waals surface area (Å²) in [6.07, 6.45) is 0. The molecule has 7 aromatic carbocycles. The minimum Gasteiger partial charge on any atom is -0.455 e. The molecule has 0 saturated carbocycles. The van der Waals surface area contributed by atoms with Crippen LogP contribution in [0.3, 0.4) is 0 Å². The van der Waals surface area contributed by atoms with Gasteiger partial charge < -0.3 is 4.42 Å². The Kier molecular flexibility index (Phi) is 5.70. The highest BCUT2D eigenvalue weighted by molar-refractivity contribution is 6.13. The lowest BCUT2D eigenvalue weighted by Crippen LogP contribution is -2.14. The molecule has 3 aromatic heterocycles. The zero-order chi connectivity index (χ0) is 33.8. The summed E-state index contributed by atoms with van der Waals surface area (Å²) in [6.45, 7) is 4.68. The molecule has 0 amide bonds. The second-order valence-corrected chi connectivity index (χ2v) is 14.2. The lowest BCUT2D eigenvalue weighted by molar-refractivity contribution is 0.660. The second kappa shape index (κ2) is 10.3. The number of pyridine rings is 1.